The zero-order valence-corrected chi connectivity index (χ0v) is 18.9. The summed E-state index contributed by atoms with van der Waals surface area (Å²) in [4.78, 5) is 28.7. The second-order valence-electron chi connectivity index (χ2n) is 7.87. The molecule has 34 heavy (non-hydrogen) atoms. The number of benzene rings is 3. The number of halogens is 1. The fourth-order valence-corrected chi connectivity index (χ4v) is 3.84. The molecule has 0 atom stereocenters. The summed E-state index contributed by atoms with van der Waals surface area (Å²) in [6, 6.07) is 20.6. The van der Waals surface area contributed by atoms with E-state index in [0.29, 0.717) is 42.2 Å². The summed E-state index contributed by atoms with van der Waals surface area (Å²) in [5.74, 6) is 0.148. The van der Waals surface area contributed by atoms with Crippen LogP contribution in [0.3, 0.4) is 0 Å². The van der Waals surface area contributed by atoms with E-state index in [2.05, 4.69) is 5.32 Å². The molecule has 7 nitrogen and oxygen atoms in total. The Morgan fingerprint density at radius 1 is 1.03 bits per heavy atom. The van der Waals surface area contributed by atoms with Crippen molar-refractivity contribution in [1.29, 1.82) is 0 Å². The number of anilines is 2. The van der Waals surface area contributed by atoms with Crippen LogP contribution in [0.5, 0.6) is 5.75 Å². The predicted octanol–water partition coefficient (Wildman–Crippen LogP) is 5.42. The summed E-state index contributed by atoms with van der Waals surface area (Å²) in [7, 11) is 1.52. The van der Waals surface area contributed by atoms with Gasteiger partial charge in [0, 0.05) is 24.3 Å². The fourth-order valence-electron chi connectivity index (χ4n) is 3.84. The molecule has 1 N–H and O–H groups in total. The highest BCUT2D eigenvalue weighted by Gasteiger charge is 2.29. The minimum absolute atomic E-state index is 0.144. The van der Waals surface area contributed by atoms with Crippen molar-refractivity contribution in [2.24, 2.45) is 0 Å². The summed E-state index contributed by atoms with van der Waals surface area (Å²) in [5.41, 5.74) is 2.32. The molecule has 8 heteroatoms. The van der Waals surface area contributed by atoms with Gasteiger partial charge < -0.3 is 14.4 Å². The molecular formula is C26H26FN3O4. The molecule has 1 heterocycles. The molecule has 176 valence electrons. The Hall–Kier alpha value is -4.07. The van der Waals surface area contributed by atoms with Crippen LogP contribution in [0.15, 0.2) is 72.8 Å². The Kier molecular flexibility index (Phi) is 7.27. The van der Waals surface area contributed by atoms with E-state index in [1.54, 1.807) is 46.2 Å². The van der Waals surface area contributed by atoms with Crippen LogP contribution in [0.4, 0.5) is 25.4 Å². The first kappa shape index (κ1) is 23.1. The number of carbonyl (C=O) groups excluding carboxylic acids is 2. The first-order valence-corrected chi connectivity index (χ1v) is 11.0. The molecule has 0 saturated carbocycles. The van der Waals surface area contributed by atoms with Crippen LogP contribution in [0.25, 0.3) is 0 Å². The quantitative estimate of drug-likeness (QED) is 0.508. The zero-order valence-electron chi connectivity index (χ0n) is 18.9. The van der Waals surface area contributed by atoms with E-state index in [1.807, 2.05) is 30.3 Å². The average molecular weight is 464 g/mol. The van der Waals surface area contributed by atoms with E-state index in [0.717, 1.165) is 5.56 Å². The summed E-state index contributed by atoms with van der Waals surface area (Å²) in [6.07, 6.45) is 0.103. The second kappa shape index (κ2) is 10.7. The molecule has 0 aromatic heterocycles. The molecule has 0 aliphatic carbocycles. The molecule has 1 aliphatic rings. The van der Waals surface area contributed by atoms with Crippen LogP contribution in [0, 0.1) is 5.82 Å². The van der Waals surface area contributed by atoms with Gasteiger partial charge in [0.15, 0.2) is 0 Å². The monoisotopic (exact) mass is 463 g/mol. The molecule has 0 spiro atoms. The number of hydrogen-bond donors (Lipinski definition) is 1. The maximum absolute atomic E-state index is 14.1. The van der Waals surface area contributed by atoms with Gasteiger partial charge in [0.25, 0.3) is 0 Å². The largest absolute Gasteiger partial charge is 0.495 e. The predicted molar refractivity (Wildman–Crippen MR) is 127 cm³/mol. The topological polar surface area (TPSA) is 71.1 Å². The van der Waals surface area contributed by atoms with E-state index in [4.69, 9.17) is 9.47 Å². The SMILES string of the molecule is COc1ccc(NC(=O)OCc2ccccc2)cc1N1CCCN(Cc2ccccc2F)C1=O. The van der Waals surface area contributed by atoms with Crippen LogP contribution in [-0.2, 0) is 17.9 Å². The van der Waals surface area contributed by atoms with Gasteiger partial charge in [0.05, 0.1) is 19.3 Å². The number of amides is 3. The summed E-state index contributed by atoms with van der Waals surface area (Å²) >= 11 is 0. The molecule has 3 aromatic rings. The number of nitrogens with one attached hydrogen (secondary N) is 1. The van der Waals surface area contributed by atoms with Crippen LogP contribution in [0.2, 0.25) is 0 Å². The lowest BCUT2D eigenvalue weighted by molar-refractivity contribution is 0.155. The lowest BCUT2D eigenvalue weighted by atomic mass is 10.1. The number of ether oxygens (including phenoxy) is 2. The van der Waals surface area contributed by atoms with Crippen molar-refractivity contribution < 1.29 is 23.5 Å². The Morgan fingerprint density at radius 3 is 2.56 bits per heavy atom. The molecular weight excluding hydrogens is 437 g/mol. The van der Waals surface area contributed by atoms with Gasteiger partial charge in [0.2, 0.25) is 0 Å². The van der Waals surface area contributed by atoms with Gasteiger partial charge in [0.1, 0.15) is 18.2 Å². The van der Waals surface area contributed by atoms with Crippen molar-refractivity contribution in [3.63, 3.8) is 0 Å². The van der Waals surface area contributed by atoms with Crippen molar-refractivity contribution in [2.75, 3.05) is 30.4 Å². The minimum Gasteiger partial charge on any atom is -0.495 e. The first-order chi connectivity index (χ1) is 16.5. The second-order valence-corrected chi connectivity index (χ2v) is 7.87. The highest BCUT2D eigenvalue weighted by molar-refractivity contribution is 5.96. The Labute approximate surface area is 197 Å². The van der Waals surface area contributed by atoms with Gasteiger partial charge in [-0.3, -0.25) is 10.2 Å². The lowest BCUT2D eigenvalue weighted by Crippen LogP contribution is -2.49. The summed E-state index contributed by atoms with van der Waals surface area (Å²) in [5, 5.41) is 2.70. The fraction of sp³-hybridized carbons (Fsp3) is 0.231. The maximum Gasteiger partial charge on any atom is 0.411 e. The Balaban J connectivity index is 1.47. The number of hydrogen-bond acceptors (Lipinski definition) is 4. The van der Waals surface area contributed by atoms with Crippen LogP contribution < -0.4 is 15.0 Å². The van der Waals surface area contributed by atoms with Gasteiger partial charge in [-0.05, 0) is 36.2 Å². The number of urea groups is 1. The summed E-state index contributed by atoms with van der Waals surface area (Å²) in [6.45, 7) is 1.32. The molecule has 0 radical (unpaired) electrons. The molecule has 0 bridgehead atoms. The summed E-state index contributed by atoms with van der Waals surface area (Å²) < 4.78 is 24.9. The third-order valence-corrected chi connectivity index (χ3v) is 5.56. The van der Waals surface area contributed by atoms with Gasteiger partial charge in [-0.25, -0.2) is 14.0 Å². The smallest absolute Gasteiger partial charge is 0.411 e. The number of rotatable bonds is 7. The van der Waals surface area contributed by atoms with Crippen LogP contribution >= 0.6 is 0 Å². The third-order valence-electron chi connectivity index (χ3n) is 5.56. The molecule has 1 saturated heterocycles. The Morgan fingerprint density at radius 2 is 1.79 bits per heavy atom. The van der Waals surface area contributed by atoms with Gasteiger partial charge in [-0.2, -0.15) is 0 Å². The van der Waals surface area contributed by atoms with Crippen LogP contribution in [-0.4, -0.2) is 37.2 Å². The zero-order chi connectivity index (χ0) is 23.9. The average Bonchev–Trinajstić information content (AvgIpc) is 2.86. The molecule has 3 amide bonds. The van der Waals surface area contributed by atoms with Gasteiger partial charge in [-0.1, -0.05) is 48.5 Å². The normalized spacial score (nSPS) is 13.5. The number of methoxy groups -OCH3 is 1. The first-order valence-electron chi connectivity index (χ1n) is 11.0. The van der Waals surface area contributed by atoms with E-state index >= 15 is 0 Å². The van der Waals surface area contributed by atoms with E-state index in [-0.39, 0.29) is 25.0 Å². The van der Waals surface area contributed by atoms with Gasteiger partial charge >= 0.3 is 12.1 Å². The van der Waals surface area contributed by atoms with Crippen molar-refractivity contribution >= 4 is 23.5 Å². The Bertz CT molecular complexity index is 1160. The molecule has 3 aromatic carbocycles. The maximum atomic E-state index is 14.1. The van der Waals surface area contributed by atoms with Crippen molar-refractivity contribution in [1.82, 2.24) is 4.90 Å². The third kappa shape index (κ3) is 5.46. The molecule has 1 aliphatic heterocycles. The number of carbonyl (C=O) groups is 2. The minimum atomic E-state index is -0.605. The van der Waals surface area contributed by atoms with Crippen molar-refractivity contribution in [3.05, 3.63) is 89.7 Å². The van der Waals surface area contributed by atoms with Gasteiger partial charge in [-0.15, -0.1) is 0 Å². The van der Waals surface area contributed by atoms with Crippen molar-refractivity contribution in [3.8, 4) is 5.75 Å². The highest BCUT2D eigenvalue weighted by atomic mass is 19.1. The van der Waals surface area contributed by atoms with Crippen LogP contribution in [0.1, 0.15) is 17.5 Å². The highest BCUT2D eigenvalue weighted by Crippen LogP contribution is 2.34. The van der Waals surface area contributed by atoms with E-state index < -0.39 is 6.09 Å². The van der Waals surface area contributed by atoms with E-state index in [1.165, 1.54) is 13.2 Å². The molecule has 1 fully saturated rings. The van der Waals surface area contributed by atoms with E-state index in [9.17, 15) is 14.0 Å². The standard InChI is InChI=1S/C26H26FN3O4/c1-33-24-13-12-21(28-25(31)34-18-19-8-3-2-4-9-19)16-23(24)30-15-7-14-29(26(30)32)17-20-10-5-6-11-22(20)27/h2-6,8-13,16H,7,14-15,17-18H2,1H3,(H,28,31). The molecule has 4 rings (SSSR count). The van der Waals surface area contributed by atoms with Crippen molar-refractivity contribution in [2.45, 2.75) is 19.6 Å². The molecule has 0 unspecified atom stereocenters. The number of nitrogens with zero attached hydrogens (tertiary/aromatic N) is 2. The lowest BCUT2D eigenvalue weighted by Gasteiger charge is -2.36.